The number of halogens is 1. The Morgan fingerprint density at radius 1 is 1.44 bits per heavy atom. The van der Waals surface area contributed by atoms with E-state index in [1.54, 1.807) is 0 Å². The van der Waals surface area contributed by atoms with E-state index in [4.69, 9.17) is 16.3 Å². The molecule has 0 aromatic carbocycles. The average Bonchev–Trinajstić information content (AvgIpc) is 2.94. The Bertz CT molecular complexity index is 334. The van der Waals surface area contributed by atoms with Crippen LogP contribution in [0.4, 0.5) is 0 Å². The monoisotopic (exact) mass is 243 g/mol. The van der Waals surface area contributed by atoms with Crippen molar-refractivity contribution in [1.29, 1.82) is 0 Å². The predicted octanol–water partition coefficient (Wildman–Crippen LogP) is 2.15. The van der Waals surface area contributed by atoms with E-state index in [1.807, 2.05) is 0 Å². The summed E-state index contributed by atoms with van der Waals surface area (Å²) in [7, 11) is 0. The second kappa shape index (κ2) is 5.64. The van der Waals surface area contributed by atoms with Gasteiger partial charge in [-0.25, -0.2) is 0 Å². The highest BCUT2D eigenvalue weighted by Crippen LogP contribution is 2.17. The molecule has 0 N–H and O–H groups in total. The van der Waals surface area contributed by atoms with Gasteiger partial charge in [-0.05, 0) is 26.2 Å². The Hall–Kier alpha value is -0.610. The van der Waals surface area contributed by atoms with Crippen LogP contribution in [0.3, 0.4) is 0 Å². The Kier molecular flexibility index (Phi) is 4.18. The minimum absolute atomic E-state index is 0.418. The summed E-state index contributed by atoms with van der Waals surface area (Å²) in [6.45, 7) is 3.89. The average molecular weight is 244 g/mol. The van der Waals surface area contributed by atoms with Crippen LogP contribution in [-0.4, -0.2) is 27.5 Å². The number of hydrogen-bond acceptors (Lipinski definition) is 3. The quantitative estimate of drug-likeness (QED) is 0.744. The lowest BCUT2D eigenvalue weighted by molar-refractivity contribution is 0.104. The highest BCUT2D eigenvalue weighted by molar-refractivity contribution is 6.16. The van der Waals surface area contributed by atoms with E-state index < -0.39 is 0 Å². The summed E-state index contributed by atoms with van der Waals surface area (Å²) in [6.07, 6.45) is 4.77. The van der Waals surface area contributed by atoms with Crippen LogP contribution >= 0.6 is 11.6 Å². The molecule has 0 bridgehead atoms. The largest absolute Gasteiger partial charge is 0.378 e. The van der Waals surface area contributed by atoms with Gasteiger partial charge in [-0.15, -0.1) is 21.8 Å². The Morgan fingerprint density at radius 2 is 2.25 bits per heavy atom. The number of rotatable bonds is 5. The van der Waals surface area contributed by atoms with Crippen molar-refractivity contribution in [2.24, 2.45) is 0 Å². The SMILES string of the molecule is CCn1c(CCl)nnc1CCC1CCCO1. The van der Waals surface area contributed by atoms with Crippen molar-refractivity contribution in [1.82, 2.24) is 14.8 Å². The standard InChI is InChI=1S/C11H18ClN3O/c1-2-15-10(13-14-11(15)8-12)6-5-9-4-3-7-16-9/h9H,2-8H2,1H3. The molecule has 5 heteroatoms. The van der Waals surface area contributed by atoms with Crippen molar-refractivity contribution in [2.75, 3.05) is 6.61 Å². The molecule has 2 heterocycles. The highest BCUT2D eigenvalue weighted by Gasteiger charge is 2.17. The van der Waals surface area contributed by atoms with Gasteiger partial charge in [-0.3, -0.25) is 0 Å². The molecule has 0 spiro atoms. The molecule has 1 aromatic heterocycles. The van der Waals surface area contributed by atoms with E-state index in [1.165, 1.54) is 12.8 Å². The number of hydrogen-bond donors (Lipinski definition) is 0. The van der Waals surface area contributed by atoms with Gasteiger partial charge in [0.15, 0.2) is 0 Å². The third-order valence-electron chi connectivity index (χ3n) is 3.05. The molecule has 0 radical (unpaired) electrons. The molecule has 4 nitrogen and oxygen atoms in total. The third-order valence-corrected chi connectivity index (χ3v) is 3.29. The molecule has 0 amide bonds. The molecule has 90 valence electrons. The lowest BCUT2D eigenvalue weighted by atomic mass is 10.1. The normalized spacial score (nSPS) is 20.5. The molecule has 1 aliphatic rings. The smallest absolute Gasteiger partial charge is 0.147 e. The van der Waals surface area contributed by atoms with Crippen LogP contribution in [0.1, 0.15) is 37.8 Å². The zero-order valence-corrected chi connectivity index (χ0v) is 10.4. The van der Waals surface area contributed by atoms with Gasteiger partial charge in [-0.1, -0.05) is 0 Å². The second-order valence-corrected chi connectivity index (χ2v) is 4.35. The zero-order valence-electron chi connectivity index (χ0n) is 9.65. The van der Waals surface area contributed by atoms with Gasteiger partial charge in [0.05, 0.1) is 12.0 Å². The maximum absolute atomic E-state index is 5.80. The van der Waals surface area contributed by atoms with Gasteiger partial charge in [0.2, 0.25) is 0 Å². The summed E-state index contributed by atoms with van der Waals surface area (Å²) in [5.41, 5.74) is 0. The molecule has 1 saturated heterocycles. The lowest BCUT2D eigenvalue weighted by Gasteiger charge is -2.09. The lowest BCUT2D eigenvalue weighted by Crippen LogP contribution is -2.10. The fraction of sp³-hybridized carbons (Fsp3) is 0.818. The van der Waals surface area contributed by atoms with E-state index in [0.29, 0.717) is 12.0 Å². The maximum atomic E-state index is 5.80. The van der Waals surface area contributed by atoms with Crippen molar-refractivity contribution in [3.05, 3.63) is 11.6 Å². The molecule has 2 rings (SSSR count). The first-order valence-electron chi connectivity index (χ1n) is 5.93. The van der Waals surface area contributed by atoms with Gasteiger partial charge >= 0.3 is 0 Å². The van der Waals surface area contributed by atoms with E-state index in [9.17, 15) is 0 Å². The Labute approximate surface area is 101 Å². The van der Waals surface area contributed by atoms with Gasteiger partial charge in [-0.2, -0.15) is 0 Å². The molecule has 1 aliphatic heterocycles. The summed E-state index contributed by atoms with van der Waals surface area (Å²) in [6, 6.07) is 0. The molecule has 0 saturated carbocycles. The van der Waals surface area contributed by atoms with Gasteiger partial charge in [0, 0.05) is 19.6 Å². The number of nitrogens with zero attached hydrogens (tertiary/aromatic N) is 3. The molecule has 1 aromatic rings. The van der Waals surface area contributed by atoms with Crippen LogP contribution in [-0.2, 0) is 23.6 Å². The summed E-state index contributed by atoms with van der Waals surface area (Å²) >= 11 is 5.80. The van der Waals surface area contributed by atoms with Gasteiger partial charge < -0.3 is 9.30 Å². The topological polar surface area (TPSA) is 39.9 Å². The van der Waals surface area contributed by atoms with Crippen LogP contribution in [0.25, 0.3) is 0 Å². The van der Waals surface area contributed by atoms with Crippen molar-refractivity contribution >= 4 is 11.6 Å². The molecular formula is C11H18ClN3O. The maximum Gasteiger partial charge on any atom is 0.147 e. The second-order valence-electron chi connectivity index (χ2n) is 4.08. The molecule has 1 unspecified atom stereocenters. The number of aryl methyl sites for hydroxylation is 1. The minimum atomic E-state index is 0.418. The minimum Gasteiger partial charge on any atom is -0.378 e. The first-order valence-corrected chi connectivity index (χ1v) is 6.47. The Balaban J connectivity index is 1.94. The number of ether oxygens (including phenoxy) is 1. The third kappa shape index (κ3) is 2.55. The van der Waals surface area contributed by atoms with E-state index in [2.05, 4.69) is 21.7 Å². The molecule has 1 atom stereocenters. The molecular weight excluding hydrogens is 226 g/mol. The predicted molar refractivity (Wildman–Crippen MR) is 62.5 cm³/mol. The summed E-state index contributed by atoms with van der Waals surface area (Å²) < 4.78 is 7.70. The van der Waals surface area contributed by atoms with Gasteiger partial charge in [0.1, 0.15) is 11.6 Å². The van der Waals surface area contributed by atoms with Crippen LogP contribution in [0.15, 0.2) is 0 Å². The fourth-order valence-electron chi connectivity index (χ4n) is 2.18. The van der Waals surface area contributed by atoms with E-state index in [-0.39, 0.29) is 0 Å². The van der Waals surface area contributed by atoms with Crippen molar-refractivity contribution < 1.29 is 4.74 Å². The molecule has 0 aliphatic carbocycles. The van der Waals surface area contributed by atoms with Crippen molar-refractivity contribution in [2.45, 2.75) is 51.1 Å². The summed E-state index contributed by atoms with van der Waals surface area (Å²) in [4.78, 5) is 0. The van der Waals surface area contributed by atoms with Gasteiger partial charge in [0.25, 0.3) is 0 Å². The van der Waals surface area contributed by atoms with Crippen LogP contribution < -0.4 is 0 Å². The van der Waals surface area contributed by atoms with Crippen LogP contribution in [0.2, 0.25) is 0 Å². The van der Waals surface area contributed by atoms with E-state index in [0.717, 1.165) is 37.6 Å². The molecule has 16 heavy (non-hydrogen) atoms. The summed E-state index contributed by atoms with van der Waals surface area (Å²) in [5, 5.41) is 8.28. The van der Waals surface area contributed by atoms with E-state index >= 15 is 0 Å². The number of aromatic nitrogens is 3. The Morgan fingerprint density at radius 3 is 2.88 bits per heavy atom. The van der Waals surface area contributed by atoms with Crippen molar-refractivity contribution in [3.63, 3.8) is 0 Å². The highest BCUT2D eigenvalue weighted by atomic mass is 35.5. The zero-order chi connectivity index (χ0) is 11.4. The first kappa shape index (κ1) is 11.9. The molecule has 1 fully saturated rings. The first-order chi connectivity index (χ1) is 7.85. The number of alkyl halides is 1. The van der Waals surface area contributed by atoms with Crippen LogP contribution in [0, 0.1) is 0 Å². The summed E-state index contributed by atoms with van der Waals surface area (Å²) in [5.74, 6) is 2.33. The fourth-order valence-corrected chi connectivity index (χ4v) is 2.38. The van der Waals surface area contributed by atoms with Crippen molar-refractivity contribution in [3.8, 4) is 0 Å². The van der Waals surface area contributed by atoms with Crippen LogP contribution in [0.5, 0.6) is 0 Å².